The molecular weight excluding hydrogens is 472 g/mol. The number of carbonyl (C=O) groups is 1. The molecule has 33 heavy (non-hydrogen) atoms. The van der Waals surface area contributed by atoms with Crippen molar-refractivity contribution < 1.29 is 32.2 Å². The summed E-state index contributed by atoms with van der Waals surface area (Å²) in [6, 6.07) is 7.97. The van der Waals surface area contributed by atoms with Gasteiger partial charge in [-0.3, -0.25) is 4.79 Å². The minimum atomic E-state index is -3.80. The van der Waals surface area contributed by atoms with E-state index in [4.69, 9.17) is 30.5 Å². The smallest absolute Gasteiger partial charge is 0.244 e. The summed E-state index contributed by atoms with van der Waals surface area (Å²) in [4.78, 5) is 12.5. The SMILES string of the molecule is COc1cc(CCC(=O)Nc2ccc(Cl)c(S(=O)(=O)N3CCOCC3)c2)cc(OC)c1OC. The lowest BCUT2D eigenvalue weighted by atomic mass is 10.1. The first kappa shape index (κ1) is 25.1. The monoisotopic (exact) mass is 498 g/mol. The Morgan fingerprint density at radius 1 is 1.06 bits per heavy atom. The standard InChI is InChI=1S/C22H27ClN2O7S/c1-29-18-12-15(13-19(30-2)22(18)31-3)4-7-21(26)24-16-5-6-17(23)20(14-16)33(27,28)25-8-10-32-11-9-25/h5-6,12-14H,4,7-11H2,1-3H3,(H,24,26). The third-order valence-corrected chi connectivity index (χ3v) is 7.55. The van der Waals surface area contributed by atoms with E-state index in [2.05, 4.69) is 5.32 Å². The molecule has 2 aromatic carbocycles. The number of nitrogens with zero attached hydrogens (tertiary/aromatic N) is 1. The second kappa shape index (κ2) is 11.1. The lowest BCUT2D eigenvalue weighted by molar-refractivity contribution is -0.116. The summed E-state index contributed by atoms with van der Waals surface area (Å²) in [6.45, 7) is 1.16. The molecule has 0 aromatic heterocycles. The minimum Gasteiger partial charge on any atom is -0.493 e. The number of morpholine rings is 1. The molecule has 1 saturated heterocycles. The molecule has 9 nitrogen and oxygen atoms in total. The van der Waals surface area contributed by atoms with Crippen molar-refractivity contribution in [1.82, 2.24) is 4.31 Å². The fourth-order valence-corrected chi connectivity index (χ4v) is 5.37. The summed E-state index contributed by atoms with van der Waals surface area (Å²) in [7, 11) is 0.772. The predicted octanol–water partition coefficient (Wildman–Crippen LogP) is 2.96. The van der Waals surface area contributed by atoms with Gasteiger partial charge in [-0.05, 0) is 42.3 Å². The molecule has 0 unspecified atom stereocenters. The van der Waals surface area contributed by atoms with Gasteiger partial charge in [0.25, 0.3) is 0 Å². The number of anilines is 1. The Labute approximate surface area is 198 Å². The molecule has 1 amide bonds. The maximum atomic E-state index is 13.0. The molecule has 1 fully saturated rings. The number of hydrogen-bond acceptors (Lipinski definition) is 7. The maximum Gasteiger partial charge on any atom is 0.244 e. The molecule has 0 aliphatic carbocycles. The number of nitrogens with one attached hydrogen (secondary N) is 1. The van der Waals surface area contributed by atoms with Gasteiger partial charge < -0.3 is 24.3 Å². The highest BCUT2D eigenvalue weighted by molar-refractivity contribution is 7.89. The molecule has 1 aliphatic rings. The summed E-state index contributed by atoms with van der Waals surface area (Å²) < 4.78 is 48.5. The van der Waals surface area contributed by atoms with Crippen molar-refractivity contribution in [3.63, 3.8) is 0 Å². The van der Waals surface area contributed by atoms with E-state index >= 15 is 0 Å². The Kier molecular flexibility index (Phi) is 8.41. The summed E-state index contributed by atoms with van der Waals surface area (Å²) in [6.07, 6.45) is 0.571. The number of hydrogen-bond donors (Lipinski definition) is 1. The van der Waals surface area contributed by atoms with Gasteiger partial charge in [-0.25, -0.2) is 8.42 Å². The number of rotatable bonds is 9. The third-order valence-electron chi connectivity index (χ3n) is 5.17. The number of aryl methyl sites for hydroxylation is 1. The van der Waals surface area contributed by atoms with Crippen molar-refractivity contribution in [3.8, 4) is 17.2 Å². The van der Waals surface area contributed by atoms with Crippen LogP contribution in [0.1, 0.15) is 12.0 Å². The highest BCUT2D eigenvalue weighted by Gasteiger charge is 2.28. The molecule has 0 atom stereocenters. The number of ether oxygens (including phenoxy) is 4. The van der Waals surface area contributed by atoms with Gasteiger partial charge in [0.1, 0.15) is 4.90 Å². The summed E-state index contributed by atoms with van der Waals surface area (Å²) in [5, 5.41) is 2.84. The Balaban J connectivity index is 1.71. The first-order valence-corrected chi connectivity index (χ1v) is 12.1. The van der Waals surface area contributed by atoms with Gasteiger partial charge in [0.05, 0.1) is 39.6 Å². The minimum absolute atomic E-state index is 0.0477. The van der Waals surface area contributed by atoms with Crippen molar-refractivity contribution in [2.75, 3.05) is 52.9 Å². The topological polar surface area (TPSA) is 103 Å². The quantitative estimate of drug-likeness (QED) is 0.567. The van der Waals surface area contributed by atoms with Crippen LogP contribution in [0.4, 0.5) is 5.69 Å². The van der Waals surface area contributed by atoms with E-state index in [1.807, 2.05) is 0 Å². The van der Waals surface area contributed by atoms with Crippen molar-refractivity contribution in [3.05, 3.63) is 40.9 Å². The Hall–Kier alpha value is -2.53. The van der Waals surface area contributed by atoms with E-state index in [0.717, 1.165) is 5.56 Å². The van der Waals surface area contributed by atoms with Crippen LogP contribution in [0.25, 0.3) is 0 Å². The predicted molar refractivity (Wildman–Crippen MR) is 124 cm³/mol. The van der Waals surface area contributed by atoms with Crippen molar-refractivity contribution in [1.29, 1.82) is 0 Å². The first-order chi connectivity index (χ1) is 15.8. The molecule has 3 rings (SSSR count). The molecule has 0 radical (unpaired) electrons. The zero-order chi connectivity index (χ0) is 24.0. The molecule has 2 aromatic rings. The van der Waals surface area contributed by atoms with Gasteiger partial charge in [0.2, 0.25) is 21.7 Å². The number of methoxy groups -OCH3 is 3. The van der Waals surface area contributed by atoms with Gasteiger partial charge >= 0.3 is 0 Å². The Morgan fingerprint density at radius 2 is 1.70 bits per heavy atom. The average molecular weight is 499 g/mol. The van der Waals surface area contributed by atoms with Gasteiger partial charge in [-0.15, -0.1) is 0 Å². The summed E-state index contributed by atoms with van der Waals surface area (Å²) in [5.41, 5.74) is 1.17. The van der Waals surface area contributed by atoms with E-state index in [1.165, 1.54) is 37.8 Å². The normalized spacial score (nSPS) is 14.5. The van der Waals surface area contributed by atoms with E-state index in [1.54, 1.807) is 18.2 Å². The molecule has 1 heterocycles. The van der Waals surface area contributed by atoms with Crippen LogP contribution >= 0.6 is 11.6 Å². The van der Waals surface area contributed by atoms with Crippen LogP contribution in [0.5, 0.6) is 17.2 Å². The van der Waals surface area contributed by atoms with Crippen LogP contribution in [-0.2, 0) is 26.0 Å². The largest absolute Gasteiger partial charge is 0.493 e. The fourth-order valence-electron chi connectivity index (χ4n) is 3.47. The second-order valence-electron chi connectivity index (χ2n) is 7.24. The lowest BCUT2D eigenvalue weighted by Gasteiger charge is -2.26. The summed E-state index contributed by atoms with van der Waals surface area (Å²) >= 11 is 6.18. The van der Waals surface area contributed by atoms with Gasteiger partial charge in [-0.2, -0.15) is 4.31 Å². The van der Waals surface area contributed by atoms with Crippen LogP contribution in [0.3, 0.4) is 0 Å². The number of halogens is 1. The van der Waals surface area contributed by atoms with Crippen LogP contribution in [0.15, 0.2) is 35.2 Å². The maximum absolute atomic E-state index is 13.0. The molecule has 0 saturated carbocycles. The second-order valence-corrected chi connectivity index (χ2v) is 9.56. The average Bonchev–Trinajstić information content (AvgIpc) is 2.83. The Bertz CT molecular complexity index is 1080. The number of carbonyl (C=O) groups excluding carboxylic acids is 1. The molecule has 180 valence electrons. The first-order valence-electron chi connectivity index (χ1n) is 10.3. The molecule has 11 heteroatoms. The number of benzene rings is 2. The van der Waals surface area contributed by atoms with Crippen LogP contribution in [0, 0.1) is 0 Å². The molecular formula is C22H27ClN2O7S. The molecule has 1 aliphatic heterocycles. The molecule has 0 spiro atoms. The van der Waals surface area contributed by atoms with Crippen molar-refractivity contribution in [2.24, 2.45) is 0 Å². The third kappa shape index (κ3) is 5.89. The van der Waals surface area contributed by atoms with E-state index < -0.39 is 10.0 Å². The highest BCUT2D eigenvalue weighted by atomic mass is 35.5. The van der Waals surface area contributed by atoms with E-state index in [0.29, 0.717) is 42.6 Å². The zero-order valence-electron chi connectivity index (χ0n) is 18.7. The fraction of sp³-hybridized carbons (Fsp3) is 0.409. The summed E-state index contributed by atoms with van der Waals surface area (Å²) in [5.74, 6) is 1.20. The van der Waals surface area contributed by atoms with Crippen LogP contribution in [0.2, 0.25) is 5.02 Å². The van der Waals surface area contributed by atoms with Crippen LogP contribution < -0.4 is 19.5 Å². The zero-order valence-corrected chi connectivity index (χ0v) is 20.3. The van der Waals surface area contributed by atoms with E-state index in [-0.39, 0.29) is 35.3 Å². The van der Waals surface area contributed by atoms with Gasteiger partial charge in [0, 0.05) is 25.2 Å². The molecule has 1 N–H and O–H groups in total. The van der Waals surface area contributed by atoms with Crippen molar-refractivity contribution >= 4 is 33.2 Å². The van der Waals surface area contributed by atoms with Crippen LogP contribution in [-0.4, -0.2) is 66.3 Å². The molecule has 0 bridgehead atoms. The number of amides is 1. The van der Waals surface area contributed by atoms with Crippen molar-refractivity contribution in [2.45, 2.75) is 17.7 Å². The lowest BCUT2D eigenvalue weighted by Crippen LogP contribution is -2.40. The highest BCUT2D eigenvalue weighted by Crippen LogP contribution is 2.38. The van der Waals surface area contributed by atoms with E-state index in [9.17, 15) is 13.2 Å². The van der Waals surface area contributed by atoms with Gasteiger partial charge in [0.15, 0.2) is 11.5 Å². The van der Waals surface area contributed by atoms with Gasteiger partial charge in [-0.1, -0.05) is 11.6 Å². The number of sulfonamides is 1. The Morgan fingerprint density at radius 3 is 2.27 bits per heavy atom.